The highest BCUT2D eigenvalue weighted by Gasteiger charge is 2.43. The minimum absolute atomic E-state index is 0.0487. The zero-order chi connectivity index (χ0) is 20.7. The second-order valence-electron chi connectivity index (χ2n) is 6.92. The van der Waals surface area contributed by atoms with Crippen LogP contribution in [0.5, 0.6) is 0 Å². The van der Waals surface area contributed by atoms with Crippen molar-refractivity contribution in [2.75, 3.05) is 11.9 Å². The molecule has 1 saturated heterocycles. The predicted molar refractivity (Wildman–Crippen MR) is 104 cm³/mol. The standard InChI is InChI=1S/C19H20ClFN4O4/c1-9(10-4-2-3-5-12(10)21)22-16-11-6-7-25(17(11)24-19(20)23-16)18-15(28)14(27)13(8-26)29-18/h2-7,9,13-15,18,26-28H,8H2,1H3,(H,22,23,24)/t9-,13+,14+,15+,18+/m0/s1. The van der Waals surface area contributed by atoms with Gasteiger partial charge < -0.3 is 29.9 Å². The van der Waals surface area contributed by atoms with Crippen LogP contribution in [0, 0.1) is 5.82 Å². The van der Waals surface area contributed by atoms with E-state index < -0.39 is 37.2 Å². The van der Waals surface area contributed by atoms with Crippen LogP contribution >= 0.6 is 11.6 Å². The molecular formula is C19H20ClFN4O4. The summed E-state index contributed by atoms with van der Waals surface area (Å²) in [4.78, 5) is 8.43. The third kappa shape index (κ3) is 3.56. The first-order valence-electron chi connectivity index (χ1n) is 9.08. The molecule has 0 saturated carbocycles. The lowest BCUT2D eigenvalue weighted by molar-refractivity contribution is -0.0508. The smallest absolute Gasteiger partial charge is 0.226 e. The van der Waals surface area contributed by atoms with Gasteiger partial charge in [-0.25, -0.2) is 9.37 Å². The Labute approximate surface area is 170 Å². The maximum atomic E-state index is 14.1. The Bertz CT molecular complexity index is 1030. The fourth-order valence-corrected chi connectivity index (χ4v) is 3.71. The van der Waals surface area contributed by atoms with Crippen molar-refractivity contribution in [1.82, 2.24) is 14.5 Å². The van der Waals surface area contributed by atoms with Crippen LogP contribution in [0.4, 0.5) is 10.2 Å². The number of halogens is 2. The Kier molecular flexibility index (Phi) is 5.41. The van der Waals surface area contributed by atoms with Crippen LogP contribution in [0.2, 0.25) is 5.28 Å². The summed E-state index contributed by atoms with van der Waals surface area (Å²) in [6.45, 7) is 1.36. The summed E-state index contributed by atoms with van der Waals surface area (Å²) in [5.74, 6) is 0.0502. The lowest BCUT2D eigenvalue weighted by Gasteiger charge is -2.19. The molecule has 3 aromatic rings. The molecule has 0 aliphatic carbocycles. The maximum Gasteiger partial charge on any atom is 0.226 e. The monoisotopic (exact) mass is 422 g/mol. The molecule has 1 aromatic carbocycles. The summed E-state index contributed by atoms with van der Waals surface area (Å²) < 4.78 is 21.2. The van der Waals surface area contributed by atoms with E-state index in [4.69, 9.17) is 16.3 Å². The lowest BCUT2D eigenvalue weighted by atomic mass is 10.1. The van der Waals surface area contributed by atoms with Gasteiger partial charge in [0, 0.05) is 11.8 Å². The van der Waals surface area contributed by atoms with Gasteiger partial charge in [-0.2, -0.15) is 4.98 Å². The van der Waals surface area contributed by atoms with E-state index in [-0.39, 0.29) is 11.1 Å². The molecule has 1 fully saturated rings. The van der Waals surface area contributed by atoms with Gasteiger partial charge in [-0.05, 0) is 30.7 Å². The number of aliphatic hydroxyl groups excluding tert-OH is 3. The van der Waals surface area contributed by atoms with Crippen molar-refractivity contribution < 1.29 is 24.4 Å². The van der Waals surface area contributed by atoms with Crippen LogP contribution in [-0.2, 0) is 4.74 Å². The number of rotatable bonds is 5. The number of ether oxygens (including phenoxy) is 1. The highest BCUT2D eigenvalue weighted by molar-refractivity contribution is 6.28. The Morgan fingerprint density at radius 3 is 2.69 bits per heavy atom. The summed E-state index contributed by atoms with van der Waals surface area (Å²) in [6, 6.07) is 7.73. The van der Waals surface area contributed by atoms with Crippen molar-refractivity contribution >= 4 is 28.5 Å². The Balaban J connectivity index is 1.70. The number of nitrogens with one attached hydrogen (secondary N) is 1. The van der Waals surface area contributed by atoms with Crippen molar-refractivity contribution in [3.8, 4) is 0 Å². The molecule has 5 atom stereocenters. The largest absolute Gasteiger partial charge is 0.394 e. The molecule has 10 heteroatoms. The Morgan fingerprint density at radius 1 is 1.24 bits per heavy atom. The van der Waals surface area contributed by atoms with Crippen LogP contribution in [-0.4, -0.2) is 54.8 Å². The zero-order valence-electron chi connectivity index (χ0n) is 15.4. The fraction of sp³-hybridized carbons (Fsp3) is 0.368. The Morgan fingerprint density at radius 2 is 2.00 bits per heavy atom. The quantitative estimate of drug-likeness (QED) is 0.465. The van der Waals surface area contributed by atoms with E-state index in [0.29, 0.717) is 22.4 Å². The molecule has 154 valence electrons. The highest BCUT2D eigenvalue weighted by atomic mass is 35.5. The van der Waals surface area contributed by atoms with E-state index in [1.807, 2.05) is 0 Å². The molecule has 3 heterocycles. The summed E-state index contributed by atoms with van der Waals surface area (Å²) in [7, 11) is 0. The van der Waals surface area contributed by atoms with Gasteiger partial charge in [0.1, 0.15) is 35.6 Å². The van der Waals surface area contributed by atoms with Gasteiger partial charge in [0.05, 0.1) is 18.0 Å². The maximum absolute atomic E-state index is 14.1. The third-order valence-corrected chi connectivity index (χ3v) is 5.23. The van der Waals surface area contributed by atoms with Gasteiger partial charge in [-0.3, -0.25) is 0 Å². The lowest BCUT2D eigenvalue weighted by Crippen LogP contribution is -2.33. The zero-order valence-corrected chi connectivity index (χ0v) is 16.2. The molecule has 8 nitrogen and oxygen atoms in total. The van der Waals surface area contributed by atoms with E-state index in [1.54, 1.807) is 37.4 Å². The van der Waals surface area contributed by atoms with Crippen molar-refractivity contribution in [2.24, 2.45) is 0 Å². The van der Waals surface area contributed by atoms with Gasteiger partial charge in [0.25, 0.3) is 0 Å². The molecule has 0 radical (unpaired) electrons. The van der Waals surface area contributed by atoms with Gasteiger partial charge in [-0.15, -0.1) is 0 Å². The van der Waals surface area contributed by atoms with Gasteiger partial charge in [-0.1, -0.05) is 18.2 Å². The number of nitrogens with zero attached hydrogens (tertiary/aromatic N) is 3. The topological polar surface area (TPSA) is 113 Å². The normalized spacial score (nSPS) is 25.4. The number of fused-ring (bicyclic) bond motifs is 1. The average molecular weight is 423 g/mol. The first-order valence-corrected chi connectivity index (χ1v) is 9.46. The molecule has 0 spiro atoms. The molecule has 4 N–H and O–H groups in total. The third-order valence-electron chi connectivity index (χ3n) is 5.06. The SMILES string of the molecule is C[C@H](Nc1nc(Cl)nc2c1ccn2[C@@H]1O[C@H](CO)[C@@H](O)[C@H]1O)c1ccccc1F. The first kappa shape index (κ1) is 20.0. The summed E-state index contributed by atoms with van der Waals surface area (Å²) in [5, 5.41) is 33.3. The van der Waals surface area contributed by atoms with E-state index in [2.05, 4.69) is 15.3 Å². The second-order valence-corrected chi connectivity index (χ2v) is 7.26. The molecule has 1 aliphatic heterocycles. The molecule has 0 amide bonds. The molecule has 1 aliphatic rings. The van der Waals surface area contributed by atoms with Crippen molar-refractivity contribution in [3.63, 3.8) is 0 Å². The van der Waals surface area contributed by atoms with Gasteiger partial charge >= 0.3 is 0 Å². The summed E-state index contributed by atoms with van der Waals surface area (Å²) >= 11 is 6.10. The summed E-state index contributed by atoms with van der Waals surface area (Å²) in [5.41, 5.74) is 0.835. The number of hydrogen-bond acceptors (Lipinski definition) is 7. The van der Waals surface area contributed by atoms with Crippen LogP contribution in [0.15, 0.2) is 36.5 Å². The molecule has 2 aromatic heterocycles. The van der Waals surface area contributed by atoms with Crippen molar-refractivity contribution in [2.45, 2.75) is 37.5 Å². The highest BCUT2D eigenvalue weighted by Crippen LogP contribution is 2.34. The van der Waals surface area contributed by atoms with E-state index in [1.165, 1.54) is 10.6 Å². The number of aromatic nitrogens is 3. The fourth-order valence-electron chi connectivity index (χ4n) is 3.54. The van der Waals surface area contributed by atoms with Gasteiger partial charge in [0.15, 0.2) is 6.23 Å². The average Bonchev–Trinajstić information content (AvgIpc) is 3.23. The van der Waals surface area contributed by atoms with E-state index in [9.17, 15) is 19.7 Å². The second kappa shape index (κ2) is 7.85. The van der Waals surface area contributed by atoms with Crippen LogP contribution in [0.25, 0.3) is 11.0 Å². The van der Waals surface area contributed by atoms with E-state index >= 15 is 0 Å². The predicted octanol–water partition coefficient (Wildman–Crippen LogP) is 2.01. The number of aliphatic hydroxyl groups is 3. The Hall–Kier alpha value is -2.30. The molecule has 0 unspecified atom stereocenters. The van der Waals surface area contributed by atoms with Crippen molar-refractivity contribution in [1.29, 1.82) is 0 Å². The molecule has 0 bridgehead atoms. The number of benzene rings is 1. The molecular weight excluding hydrogens is 403 g/mol. The van der Waals surface area contributed by atoms with Crippen LogP contribution in [0.3, 0.4) is 0 Å². The van der Waals surface area contributed by atoms with Crippen LogP contribution < -0.4 is 5.32 Å². The minimum atomic E-state index is -1.26. The minimum Gasteiger partial charge on any atom is -0.394 e. The van der Waals surface area contributed by atoms with E-state index in [0.717, 1.165) is 0 Å². The first-order chi connectivity index (χ1) is 13.9. The van der Waals surface area contributed by atoms with Crippen molar-refractivity contribution in [3.05, 3.63) is 53.2 Å². The van der Waals surface area contributed by atoms with Crippen LogP contribution in [0.1, 0.15) is 24.8 Å². The molecule has 4 rings (SSSR count). The molecule has 29 heavy (non-hydrogen) atoms. The number of anilines is 1. The van der Waals surface area contributed by atoms with Gasteiger partial charge in [0.2, 0.25) is 5.28 Å². The number of hydrogen-bond donors (Lipinski definition) is 4. The summed E-state index contributed by atoms with van der Waals surface area (Å²) in [6.07, 6.45) is -2.75.